The molecule has 2 aromatic rings. The summed E-state index contributed by atoms with van der Waals surface area (Å²) in [5, 5.41) is 12.7. The van der Waals surface area contributed by atoms with Crippen molar-refractivity contribution in [3.8, 4) is 6.07 Å². The summed E-state index contributed by atoms with van der Waals surface area (Å²) in [6, 6.07) is 6.92. The summed E-state index contributed by atoms with van der Waals surface area (Å²) in [5.74, 6) is 0. The van der Waals surface area contributed by atoms with Crippen LogP contribution in [0.1, 0.15) is 44.4 Å². The fourth-order valence-corrected chi connectivity index (χ4v) is 2.87. The predicted molar refractivity (Wildman–Crippen MR) is 86.2 cm³/mol. The van der Waals surface area contributed by atoms with Crippen molar-refractivity contribution >= 4 is 11.0 Å². The van der Waals surface area contributed by atoms with Gasteiger partial charge in [-0.3, -0.25) is 5.32 Å². The maximum atomic E-state index is 9.42. The summed E-state index contributed by atoms with van der Waals surface area (Å²) < 4.78 is 2.18. The molecule has 4 heteroatoms. The van der Waals surface area contributed by atoms with Gasteiger partial charge < -0.3 is 4.57 Å². The SMILES string of the molecule is CCNC(C)(C#N)CC(C)n1cnc2cc(C)c(C)cc21. The van der Waals surface area contributed by atoms with Crippen LogP contribution < -0.4 is 5.32 Å². The molecule has 0 radical (unpaired) electrons. The molecular formula is C17H24N4. The van der Waals surface area contributed by atoms with E-state index in [0.29, 0.717) is 0 Å². The Bertz CT molecular complexity index is 680. The molecule has 1 aromatic carbocycles. The van der Waals surface area contributed by atoms with Crippen LogP contribution in [0.5, 0.6) is 0 Å². The van der Waals surface area contributed by atoms with Crippen molar-refractivity contribution in [1.82, 2.24) is 14.9 Å². The molecule has 0 spiro atoms. The number of rotatable bonds is 5. The minimum Gasteiger partial charge on any atom is -0.328 e. The standard InChI is InChI=1S/C17H24N4/c1-6-20-17(5,10-18)9-14(4)21-11-19-15-7-12(2)13(3)8-16(15)21/h7-8,11,14,20H,6,9H2,1-5H3. The van der Waals surface area contributed by atoms with E-state index in [4.69, 9.17) is 0 Å². The normalized spacial score (nSPS) is 15.6. The molecule has 0 saturated carbocycles. The van der Waals surface area contributed by atoms with E-state index < -0.39 is 5.54 Å². The second-order valence-electron chi connectivity index (χ2n) is 6.10. The molecule has 21 heavy (non-hydrogen) atoms. The summed E-state index contributed by atoms with van der Waals surface area (Å²) in [4.78, 5) is 4.50. The molecule has 0 aliphatic rings. The van der Waals surface area contributed by atoms with Crippen LogP contribution in [-0.2, 0) is 0 Å². The van der Waals surface area contributed by atoms with Crippen molar-refractivity contribution in [3.05, 3.63) is 29.6 Å². The van der Waals surface area contributed by atoms with Crippen molar-refractivity contribution in [2.75, 3.05) is 6.54 Å². The van der Waals surface area contributed by atoms with Gasteiger partial charge >= 0.3 is 0 Å². The van der Waals surface area contributed by atoms with E-state index in [1.807, 2.05) is 20.2 Å². The van der Waals surface area contributed by atoms with Gasteiger partial charge in [0, 0.05) is 6.04 Å². The average molecular weight is 284 g/mol. The Morgan fingerprint density at radius 1 is 1.38 bits per heavy atom. The molecule has 112 valence electrons. The van der Waals surface area contributed by atoms with Crippen molar-refractivity contribution < 1.29 is 0 Å². The van der Waals surface area contributed by atoms with Gasteiger partial charge in [0.15, 0.2) is 0 Å². The second kappa shape index (κ2) is 5.87. The Kier molecular flexibility index (Phi) is 4.34. The van der Waals surface area contributed by atoms with Crippen LogP contribution in [0.2, 0.25) is 0 Å². The number of hydrogen-bond acceptors (Lipinski definition) is 3. The monoisotopic (exact) mass is 284 g/mol. The molecule has 0 aliphatic heterocycles. The molecule has 4 nitrogen and oxygen atoms in total. The van der Waals surface area contributed by atoms with Crippen LogP contribution in [0.4, 0.5) is 0 Å². The quantitative estimate of drug-likeness (QED) is 0.914. The topological polar surface area (TPSA) is 53.6 Å². The third kappa shape index (κ3) is 3.08. The van der Waals surface area contributed by atoms with Crippen LogP contribution in [0.15, 0.2) is 18.5 Å². The van der Waals surface area contributed by atoms with Crippen LogP contribution >= 0.6 is 0 Å². The Balaban J connectivity index is 2.34. The van der Waals surface area contributed by atoms with E-state index in [0.717, 1.165) is 24.0 Å². The maximum absolute atomic E-state index is 9.42. The minimum absolute atomic E-state index is 0.209. The Labute approximate surface area is 126 Å². The van der Waals surface area contributed by atoms with Crippen molar-refractivity contribution in [2.24, 2.45) is 0 Å². The summed E-state index contributed by atoms with van der Waals surface area (Å²) >= 11 is 0. The molecule has 2 unspecified atom stereocenters. The summed E-state index contributed by atoms with van der Waals surface area (Å²) in [5.41, 5.74) is 4.18. The van der Waals surface area contributed by atoms with Gasteiger partial charge in [0.25, 0.3) is 0 Å². The maximum Gasteiger partial charge on any atom is 0.105 e. The van der Waals surface area contributed by atoms with Crippen LogP contribution in [-0.4, -0.2) is 21.6 Å². The molecule has 0 aliphatic carbocycles. The fourth-order valence-electron chi connectivity index (χ4n) is 2.87. The van der Waals surface area contributed by atoms with Gasteiger partial charge in [-0.05, 0) is 63.9 Å². The number of fused-ring (bicyclic) bond motifs is 1. The van der Waals surface area contributed by atoms with Gasteiger partial charge in [-0.1, -0.05) is 6.92 Å². The highest BCUT2D eigenvalue weighted by Gasteiger charge is 2.26. The molecule has 0 bridgehead atoms. The number of benzene rings is 1. The van der Waals surface area contributed by atoms with Gasteiger partial charge in [-0.15, -0.1) is 0 Å². The zero-order chi connectivity index (χ0) is 15.6. The molecular weight excluding hydrogens is 260 g/mol. The molecule has 2 atom stereocenters. The first-order chi connectivity index (χ1) is 9.90. The largest absolute Gasteiger partial charge is 0.328 e. The number of nitrogens with one attached hydrogen (secondary N) is 1. The number of aromatic nitrogens is 2. The third-order valence-corrected chi connectivity index (χ3v) is 4.18. The average Bonchev–Trinajstić information content (AvgIpc) is 2.82. The Morgan fingerprint density at radius 2 is 2.05 bits per heavy atom. The molecule has 1 N–H and O–H groups in total. The Morgan fingerprint density at radius 3 is 2.67 bits per heavy atom. The number of hydrogen-bond donors (Lipinski definition) is 1. The molecule has 0 saturated heterocycles. The highest BCUT2D eigenvalue weighted by molar-refractivity contribution is 5.77. The van der Waals surface area contributed by atoms with E-state index in [2.05, 4.69) is 53.8 Å². The lowest BCUT2D eigenvalue weighted by atomic mass is 9.95. The molecule has 1 aromatic heterocycles. The lowest BCUT2D eigenvalue weighted by molar-refractivity contribution is 0.357. The van der Waals surface area contributed by atoms with E-state index >= 15 is 0 Å². The molecule has 2 rings (SSSR count). The summed E-state index contributed by atoms with van der Waals surface area (Å²) in [7, 11) is 0. The zero-order valence-electron chi connectivity index (χ0n) is 13.6. The van der Waals surface area contributed by atoms with Crippen molar-refractivity contribution in [1.29, 1.82) is 5.26 Å². The van der Waals surface area contributed by atoms with Gasteiger partial charge in [0.1, 0.15) is 5.54 Å². The first-order valence-electron chi connectivity index (χ1n) is 7.50. The third-order valence-electron chi connectivity index (χ3n) is 4.18. The molecule has 1 heterocycles. The number of aryl methyl sites for hydroxylation is 2. The lowest BCUT2D eigenvalue weighted by Gasteiger charge is -2.27. The van der Waals surface area contributed by atoms with Gasteiger partial charge in [-0.25, -0.2) is 4.98 Å². The Hall–Kier alpha value is -1.86. The van der Waals surface area contributed by atoms with Crippen LogP contribution in [0.3, 0.4) is 0 Å². The number of nitriles is 1. The van der Waals surface area contributed by atoms with E-state index in [9.17, 15) is 5.26 Å². The van der Waals surface area contributed by atoms with Gasteiger partial charge in [0.2, 0.25) is 0 Å². The highest BCUT2D eigenvalue weighted by atomic mass is 15.1. The van der Waals surface area contributed by atoms with Gasteiger partial charge in [-0.2, -0.15) is 5.26 Å². The minimum atomic E-state index is -0.509. The van der Waals surface area contributed by atoms with Crippen molar-refractivity contribution in [2.45, 2.75) is 52.6 Å². The fraction of sp³-hybridized carbons (Fsp3) is 0.529. The lowest BCUT2D eigenvalue weighted by Crippen LogP contribution is -2.42. The summed E-state index contributed by atoms with van der Waals surface area (Å²) in [6.07, 6.45) is 2.63. The first-order valence-corrected chi connectivity index (χ1v) is 7.50. The highest BCUT2D eigenvalue weighted by Crippen LogP contribution is 2.26. The predicted octanol–water partition coefficient (Wildman–Crippen LogP) is 3.50. The van der Waals surface area contributed by atoms with E-state index in [-0.39, 0.29) is 6.04 Å². The first kappa shape index (κ1) is 15.5. The second-order valence-corrected chi connectivity index (χ2v) is 6.10. The molecule has 0 fully saturated rings. The van der Waals surface area contributed by atoms with Crippen molar-refractivity contribution in [3.63, 3.8) is 0 Å². The van der Waals surface area contributed by atoms with Crippen LogP contribution in [0.25, 0.3) is 11.0 Å². The number of imidazole rings is 1. The number of nitrogens with zero attached hydrogens (tertiary/aromatic N) is 3. The molecule has 0 amide bonds. The van der Waals surface area contributed by atoms with E-state index in [1.165, 1.54) is 11.1 Å². The van der Waals surface area contributed by atoms with Gasteiger partial charge in [0.05, 0.1) is 23.4 Å². The van der Waals surface area contributed by atoms with Crippen LogP contribution in [0, 0.1) is 25.2 Å². The van der Waals surface area contributed by atoms with E-state index in [1.54, 1.807) is 0 Å². The summed E-state index contributed by atoms with van der Waals surface area (Å²) in [6.45, 7) is 11.1. The zero-order valence-corrected chi connectivity index (χ0v) is 13.6. The smallest absolute Gasteiger partial charge is 0.105 e.